The van der Waals surface area contributed by atoms with E-state index in [2.05, 4.69) is 20.8 Å². The second-order valence-corrected chi connectivity index (χ2v) is 6.91. The van der Waals surface area contributed by atoms with E-state index in [0.29, 0.717) is 34.5 Å². The normalized spacial score (nSPS) is 13.1. The second kappa shape index (κ2) is 8.02. The van der Waals surface area contributed by atoms with Crippen LogP contribution in [0.4, 0.5) is 25.0 Å². The molecule has 156 valence electrons. The number of nitrogens with one attached hydrogen (secondary N) is 3. The van der Waals surface area contributed by atoms with E-state index in [4.69, 9.17) is 9.47 Å². The van der Waals surface area contributed by atoms with Crippen LogP contribution in [0.2, 0.25) is 0 Å². The number of carbonyl (C=O) groups excluding carboxylic acids is 1. The van der Waals surface area contributed by atoms with E-state index in [1.807, 2.05) is 0 Å². The lowest BCUT2D eigenvalue weighted by atomic mass is 10.1. The number of benzene rings is 2. The topological polar surface area (TPSA) is 88.3 Å². The molecule has 3 aromatic rings. The molecule has 0 bridgehead atoms. The molecule has 9 heteroatoms. The smallest absolute Gasteiger partial charge is 0.323 e. The van der Waals surface area contributed by atoms with Gasteiger partial charge in [0.15, 0.2) is 11.5 Å². The van der Waals surface area contributed by atoms with E-state index in [9.17, 15) is 13.6 Å². The number of carbonyl (C=O) groups is 1. The van der Waals surface area contributed by atoms with Gasteiger partial charge in [-0.2, -0.15) is 5.10 Å². The highest BCUT2D eigenvalue weighted by Gasteiger charge is 2.31. The van der Waals surface area contributed by atoms with Crippen LogP contribution in [0.1, 0.15) is 24.5 Å². The minimum absolute atomic E-state index is 0.127. The Bertz CT molecular complexity index is 1100. The second-order valence-electron chi connectivity index (χ2n) is 6.91. The Balaban J connectivity index is 1.64. The van der Waals surface area contributed by atoms with Crippen molar-refractivity contribution in [3.05, 3.63) is 53.7 Å². The molecule has 1 fully saturated rings. The van der Waals surface area contributed by atoms with Gasteiger partial charge in [-0.05, 0) is 43.2 Å². The first-order valence-corrected chi connectivity index (χ1v) is 9.34. The fourth-order valence-electron chi connectivity index (χ4n) is 3.20. The number of methoxy groups -OCH3 is 2. The van der Waals surface area contributed by atoms with E-state index in [-0.39, 0.29) is 11.6 Å². The maximum absolute atomic E-state index is 13.9. The quantitative estimate of drug-likeness (QED) is 0.536. The number of amides is 2. The molecule has 0 saturated heterocycles. The van der Waals surface area contributed by atoms with Gasteiger partial charge < -0.3 is 20.1 Å². The van der Waals surface area contributed by atoms with Crippen LogP contribution in [0, 0.1) is 11.6 Å². The number of nitrogens with zero attached hydrogens (tertiary/aromatic N) is 1. The van der Waals surface area contributed by atoms with Gasteiger partial charge in [0.2, 0.25) is 0 Å². The molecule has 0 unspecified atom stereocenters. The zero-order valence-corrected chi connectivity index (χ0v) is 16.4. The Morgan fingerprint density at radius 1 is 1.07 bits per heavy atom. The molecule has 2 amide bonds. The van der Waals surface area contributed by atoms with Crippen LogP contribution >= 0.6 is 0 Å². The minimum atomic E-state index is -0.861. The predicted octanol–water partition coefficient (Wildman–Crippen LogP) is 4.89. The molecule has 0 atom stereocenters. The van der Waals surface area contributed by atoms with Gasteiger partial charge in [-0.15, -0.1) is 0 Å². The lowest BCUT2D eigenvalue weighted by Gasteiger charge is -2.12. The van der Waals surface area contributed by atoms with Crippen LogP contribution in [0.5, 0.6) is 11.5 Å². The fraction of sp³-hybridized carbons (Fsp3) is 0.238. The van der Waals surface area contributed by atoms with Crippen molar-refractivity contribution in [2.75, 3.05) is 24.9 Å². The molecule has 4 rings (SSSR count). The lowest BCUT2D eigenvalue weighted by molar-refractivity contribution is 0.262. The van der Waals surface area contributed by atoms with Gasteiger partial charge >= 0.3 is 6.03 Å². The number of ether oxygens (including phenoxy) is 2. The maximum Gasteiger partial charge on any atom is 0.323 e. The molecule has 7 nitrogen and oxygen atoms in total. The summed E-state index contributed by atoms with van der Waals surface area (Å²) in [5, 5.41) is 12.5. The van der Waals surface area contributed by atoms with Crippen molar-refractivity contribution in [3.63, 3.8) is 0 Å². The Morgan fingerprint density at radius 3 is 2.50 bits per heavy atom. The van der Waals surface area contributed by atoms with Crippen LogP contribution in [0.15, 0.2) is 36.4 Å². The van der Waals surface area contributed by atoms with Crippen molar-refractivity contribution in [3.8, 4) is 22.8 Å². The van der Waals surface area contributed by atoms with Crippen molar-refractivity contribution in [2.45, 2.75) is 18.8 Å². The molecule has 3 N–H and O–H groups in total. The summed E-state index contributed by atoms with van der Waals surface area (Å²) in [5.74, 6) is -0.225. The van der Waals surface area contributed by atoms with Crippen molar-refractivity contribution in [1.82, 2.24) is 10.2 Å². The minimum Gasteiger partial charge on any atom is -0.493 e. The summed E-state index contributed by atoms with van der Waals surface area (Å²) in [5.41, 5.74) is 2.41. The molecule has 1 saturated carbocycles. The average molecular weight is 414 g/mol. The monoisotopic (exact) mass is 414 g/mol. The highest BCUT2D eigenvalue weighted by atomic mass is 19.1. The van der Waals surface area contributed by atoms with Gasteiger partial charge in [0, 0.05) is 17.5 Å². The third kappa shape index (κ3) is 3.91. The number of aromatic amines is 1. The summed E-state index contributed by atoms with van der Waals surface area (Å²) >= 11 is 0. The number of hydrogen-bond acceptors (Lipinski definition) is 4. The third-order valence-electron chi connectivity index (χ3n) is 4.85. The first-order valence-electron chi connectivity index (χ1n) is 9.34. The molecule has 2 aromatic carbocycles. The zero-order chi connectivity index (χ0) is 21.3. The Labute approximate surface area is 171 Å². The summed E-state index contributed by atoms with van der Waals surface area (Å²) < 4.78 is 37.6. The van der Waals surface area contributed by atoms with Gasteiger partial charge in [-0.25, -0.2) is 13.6 Å². The van der Waals surface area contributed by atoms with Crippen LogP contribution < -0.4 is 20.1 Å². The first kappa shape index (κ1) is 19.7. The van der Waals surface area contributed by atoms with Crippen molar-refractivity contribution >= 4 is 17.4 Å². The van der Waals surface area contributed by atoms with Crippen molar-refractivity contribution in [1.29, 1.82) is 0 Å². The SMILES string of the molecule is COc1ccc(-c2n[nH]c(C3CC3)c2NC(=O)Nc2ccc(F)cc2F)cc1OC. The lowest BCUT2D eigenvalue weighted by Crippen LogP contribution is -2.21. The van der Waals surface area contributed by atoms with E-state index >= 15 is 0 Å². The number of halogens is 2. The van der Waals surface area contributed by atoms with E-state index in [1.165, 1.54) is 7.11 Å². The Kier molecular flexibility index (Phi) is 5.26. The molecule has 0 aliphatic heterocycles. The first-order chi connectivity index (χ1) is 14.5. The highest BCUT2D eigenvalue weighted by molar-refractivity contribution is 6.02. The molecule has 1 aromatic heterocycles. The van der Waals surface area contributed by atoms with Crippen molar-refractivity contribution in [2.24, 2.45) is 0 Å². The summed E-state index contributed by atoms with van der Waals surface area (Å²) in [4.78, 5) is 12.6. The zero-order valence-electron chi connectivity index (χ0n) is 16.4. The summed E-state index contributed by atoms with van der Waals surface area (Å²) in [6, 6.07) is 7.59. The number of H-pyrrole nitrogens is 1. The van der Waals surface area contributed by atoms with Gasteiger partial charge in [0.25, 0.3) is 0 Å². The van der Waals surface area contributed by atoms with Crippen LogP contribution in [-0.4, -0.2) is 30.4 Å². The molecule has 1 heterocycles. The van der Waals surface area contributed by atoms with E-state index < -0.39 is 17.7 Å². The number of urea groups is 1. The summed E-state index contributed by atoms with van der Waals surface area (Å²) in [6.45, 7) is 0. The number of hydrogen-bond donors (Lipinski definition) is 3. The molecule has 0 radical (unpaired) electrons. The molecule has 30 heavy (non-hydrogen) atoms. The predicted molar refractivity (Wildman–Crippen MR) is 108 cm³/mol. The fourth-order valence-corrected chi connectivity index (χ4v) is 3.20. The maximum atomic E-state index is 13.9. The van der Waals surface area contributed by atoms with Gasteiger partial charge in [0.1, 0.15) is 17.3 Å². The van der Waals surface area contributed by atoms with Gasteiger partial charge in [-0.1, -0.05) is 0 Å². The standard InChI is InChI=1S/C21H20F2N4O3/c1-29-16-8-5-12(9-17(16)30-2)19-20(18(26-27-19)11-3-4-11)25-21(28)24-15-7-6-13(22)10-14(15)23/h5-11H,3-4H2,1-2H3,(H,26,27)(H2,24,25,28). The molecule has 0 spiro atoms. The van der Waals surface area contributed by atoms with E-state index in [0.717, 1.165) is 30.7 Å². The van der Waals surface area contributed by atoms with Crippen LogP contribution in [0.25, 0.3) is 11.3 Å². The third-order valence-corrected chi connectivity index (χ3v) is 4.85. The number of anilines is 2. The molecular weight excluding hydrogens is 394 g/mol. The van der Waals surface area contributed by atoms with Crippen molar-refractivity contribution < 1.29 is 23.0 Å². The summed E-state index contributed by atoms with van der Waals surface area (Å²) in [7, 11) is 3.08. The highest BCUT2D eigenvalue weighted by Crippen LogP contribution is 2.45. The molecule has 1 aliphatic carbocycles. The Morgan fingerprint density at radius 2 is 1.83 bits per heavy atom. The number of rotatable bonds is 6. The van der Waals surface area contributed by atoms with Crippen LogP contribution in [-0.2, 0) is 0 Å². The molecular formula is C21H20F2N4O3. The summed E-state index contributed by atoms with van der Waals surface area (Å²) in [6.07, 6.45) is 1.97. The Hall–Kier alpha value is -3.62. The van der Waals surface area contributed by atoms with E-state index in [1.54, 1.807) is 25.3 Å². The van der Waals surface area contributed by atoms with Gasteiger partial charge in [0.05, 0.1) is 31.3 Å². The van der Waals surface area contributed by atoms with Crippen LogP contribution in [0.3, 0.4) is 0 Å². The average Bonchev–Trinajstić information content (AvgIpc) is 3.50. The molecule has 1 aliphatic rings. The van der Waals surface area contributed by atoms with Gasteiger partial charge in [-0.3, -0.25) is 5.10 Å². The largest absolute Gasteiger partial charge is 0.493 e. The number of aromatic nitrogens is 2.